The van der Waals surface area contributed by atoms with Crippen LogP contribution in [-0.2, 0) is 13.1 Å². The molecule has 5 heteroatoms. The van der Waals surface area contributed by atoms with Crippen LogP contribution in [0.25, 0.3) is 0 Å². The Morgan fingerprint density at radius 2 is 1.95 bits per heavy atom. The third kappa shape index (κ3) is 4.63. The minimum absolute atomic E-state index is 0.393. The fourth-order valence-corrected chi connectivity index (χ4v) is 2.35. The Kier molecular flexibility index (Phi) is 5.87. The van der Waals surface area contributed by atoms with Gasteiger partial charge >= 0.3 is 0 Å². The van der Waals surface area contributed by atoms with Gasteiger partial charge < -0.3 is 4.57 Å². The van der Waals surface area contributed by atoms with Crippen LogP contribution in [-0.4, -0.2) is 31.2 Å². The van der Waals surface area contributed by atoms with Crippen molar-refractivity contribution in [3.05, 3.63) is 42.2 Å². The van der Waals surface area contributed by atoms with Crippen molar-refractivity contribution in [2.75, 3.05) is 6.54 Å². The van der Waals surface area contributed by atoms with Crippen molar-refractivity contribution < 1.29 is 0 Å². The van der Waals surface area contributed by atoms with E-state index in [1.807, 2.05) is 18.7 Å². The first kappa shape index (κ1) is 15.6. The minimum atomic E-state index is 0.393. The van der Waals surface area contributed by atoms with Crippen LogP contribution in [0.3, 0.4) is 0 Å². The summed E-state index contributed by atoms with van der Waals surface area (Å²) >= 11 is 0. The highest BCUT2D eigenvalue weighted by Crippen LogP contribution is 2.12. The van der Waals surface area contributed by atoms with E-state index in [0.717, 1.165) is 25.5 Å². The van der Waals surface area contributed by atoms with E-state index in [4.69, 9.17) is 0 Å². The topological polar surface area (TPSA) is 46.8 Å². The van der Waals surface area contributed by atoms with Gasteiger partial charge in [-0.1, -0.05) is 13.3 Å². The molecule has 0 bridgehead atoms. The van der Waals surface area contributed by atoms with Gasteiger partial charge in [0.15, 0.2) is 0 Å². The van der Waals surface area contributed by atoms with Crippen LogP contribution < -0.4 is 0 Å². The van der Waals surface area contributed by atoms with Gasteiger partial charge in [0.1, 0.15) is 12.2 Å². The number of pyridine rings is 1. The van der Waals surface area contributed by atoms with Crippen LogP contribution in [0.15, 0.2) is 30.9 Å². The summed E-state index contributed by atoms with van der Waals surface area (Å²) in [5.41, 5.74) is 1.29. The predicted molar refractivity (Wildman–Crippen MR) is 83.7 cm³/mol. The summed E-state index contributed by atoms with van der Waals surface area (Å²) in [7, 11) is 0. The molecule has 0 saturated carbocycles. The summed E-state index contributed by atoms with van der Waals surface area (Å²) in [5.74, 6) is 1.04. The average Bonchev–Trinajstić information content (AvgIpc) is 2.94. The summed E-state index contributed by atoms with van der Waals surface area (Å²) in [5, 5.41) is 8.35. The highest BCUT2D eigenvalue weighted by Gasteiger charge is 2.13. The summed E-state index contributed by atoms with van der Waals surface area (Å²) in [4.78, 5) is 6.52. The number of hydrogen-bond donors (Lipinski definition) is 0. The second-order valence-electron chi connectivity index (χ2n) is 5.67. The molecule has 2 heterocycles. The molecule has 21 heavy (non-hydrogen) atoms. The first-order valence-electron chi connectivity index (χ1n) is 7.70. The largest absolute Gasteiger partial charge is 0.314 e. The molecule has 0 aliphatic rings. The molecule has 0 aliphatic heterocycles. The van der Waals surface area contributed by atoms with Gasteiger partial charge in [0.05, 0.1) is 6.54 Å². The number of unbranched alkanes of at least 4 members (excludes halogenated alkanes) is 1. The maximum atomic E-state index is 4.29. The molecule has 0 spiro atoms. The van der Waals surface area contributed by atoms with Gasteiger partial charge in [0, 0.05) is 25.0 Å². The Hall–Kier alpha value is -1.75. The fourth-order valence-electron chi connectivity index (χ4n) is 2.35. The summed E-state index contributed by atoms with van der Waals surface area (Å²) in [6, 6.07) is 4.54. The molecule has 2 aromatic rings. The van der Waals surface area contributed by atoms with Gasteiger partial charge in [-0.05, 0) is 44.5 Å². The standard InChI is InChI=1S/C16H25N5/c1-4-5-10-20(11-15-6-8-17-9-7-15)12-16-19-18-13-21(16)14(2)3/h6-9,13-14H,4-5,10-12H2,1-3H3. The first-order valence-corrected chi connectivity index (χ1v) is 7.70. The molecule has 0 saturated heterocycles. The van der Waals surface area contributed by atoms with E-state index in [9.17, 15) is 0 Å². The second kappa shape index (κ2) is 7.88. The highest BCUT2D eigenvalue weighted by molar-refractivity contribution is 5.09. The molecule has 0 N–H and O–H groups in total. The Morgan fingerprint density at radius 1 is 1.19 bits per heavy atom. The molecule has 0 radical (unpaired) electrons. The molecular formula is C16H25N5. The lowest BCUT2D eigenvalue weighted by atomic mass is 10.2. The SMILES string of the molecule is CCCCN(Cc1ccncc1)Cc1nncn1C(C)C. The maximum Gasteiger partial charge on any atom is 0.147 e. The lowest BCUT2D eigenvalue weighted by Crippen LogP contribution is -2.26. The lowest BCUT2D eigenvalue weighted by Gasteiger charge is -2.22. The molecular weight excluding hydrogens is 262 g/mol. The summed E-state index contributed by atoms with van der Waals surface area (Å²) in [6.45, 7) is 9.37. The Labute approximate surface area is 127 Å². The molecule has 0 atom stereocenters. The van der Waals surface area contributed by atoms with Crippen molar-refractivity contribution in [2.24, 2.45) is 0 Å². The van der Waals surface area contributed by atoms with Crippen LogP contribution in [0.1, 0.15) is 51.0 Å². The maximum absolute atomic E-state index is 4.29. The van der Waals surface area contributed by atoms with E-state index < -0.39 is 0 Å². The van der Waals surface area contributed by atoms with E-state index in [-0.39, 0.29) is 0 Å². The van der Waals surface area contributed by atoms with Crippen LogP contribution >= 0.6 is 0 Å². The van der Waals surface area contributed by atoms with Crippen LogP contribution in [0.4, 0.5) is 0 Å². The number of hydrogen-bond acceptors (Lipinski definition) is 4. The normalized spacial score (nSPS) is 11.5. The molecule has 2 aromatic heterocycles. The second-order valence-corrected chi connectivity index (χ2v) is 5.67. The molecule has 5 nitrogen and oxygen atoms in total. The summed E-state index contributed by atoms with van der Waals surface area (Å²) in [6.07, 6.45) is 7.92. The van der Waals surface area contributed by atoms with Crippen LogP contribution in [0, 0.1) is 0 Å². The van der Waals surface area contributed by atoms with E-state index in [1.54, 1.807) is 0 Å². The smallest absolute Gasteiger partial charge is 0.147 e. The molecule has 0 unspecified atom stereocenters. The lowest BCUT2D eigenvalue weighted by molar-refractivity contribution is 0.241. The summed E-state index contributed by atoms with van der Waals surface area (Å²) < 4.78 is 2.14. The molecule has 0 aliphatic carbocycles. The quantitative estimate of drug-likeness (QED) is 0.748. The van der Waals surface area contributed by atoms with Gasteiger partial charge in [-0.25, -0.2) is 0 Å². The van der Waals surface area contributed by atoms with E-state index in [2.05, 4.69) is 57.6 Å². The number of nitrogens with zero attached hydrogens (tertiary/aromatic N) is 5. The number of rotatable bonds is 8. The molecule has 0 amide bonds. The third-order valence-electron chi connectivity index (χ3n) is 3.55. The van der Waals surface area contributed by atoms with Gasteiger partial charge in [-0.15, -0.1) is 10.2 Å². The van der Waals surface area contributed by atoms with E-state index in [1.165, 1.54) is 18.4 Å². The van der Waals surface area contributed by atoms with Crippen molar-refractivity contribution >= 4 is 0 Å². The van der Waals surface area contributed by atoms with Crippen molar-refractivity contribution in [1.29, 1.82) is 0 Å². The number of aromatic nitrogens is 4. The average molecular weight is 287 g/mol. The molecule has 0 aromatic carbocycles. The molecule has 114 valence electrons. The zero-order valence-corrected chi connectivity index (χ0v) is 13.2. The van der Waals surface area contributed by atoms with Crippen LogP contribution in [0.5, 0.6) is 0 Å². The fraction of sp³-hybridized carbons (Fsp3) is 0.562. The van der Waals surface area contributed by atoms with Gasteiger partial charge in [-0.3, -0.25) is 9.88 Å². The Bertz CT molecular complexity index is 520. The van der Waals surface area contributed by atoms with Gasteiger partial charge in [-0.2, -0.15) is 0 Å². The third-order valence-corrected chi connectivity index (χ3v) is 3.55. The van der Waals surface area contributed by atoms with E-state index >= 15 is 0 Å². The monoisotopic (exact) mass is 287 g/mol. The van der Waals surface area contributed by atoms with Crippen molar-refractivity contribution in [2.45, 2.75) is 52.7 Å². The Morgan fingerprint density at radius 3 is 2.62 bits per heavy atom. The van der Waals surface area contributed by atoms with Gasteiger partial charge in [0.25, 0.3) is 0 Å². The van der Waals surface area contributed by atoms with Crippen molar-refractivity contribution in [3.8, 4) is 0 Å². The zero-order valence-electron chi connectivity index (χ0n) is 13.2. The zero-order chi connectivity index (χ0) is 15.1. The predicted octanol–water partition coefficient (Wildman–Crippen LogP) is 3.06. The van der Waals surface area contributed by atoms with Gasteiger partial charge in [0.2, 0.25) is 0 Å². The van der Waals surface area contributed by atoms with E-state index in [0.29, 0.717) is 6.04 Å². The van der Waals surface area contributed by atoms with Crippen molar-refractivity contribution in [3.63, 3.8) is 0 Å². The van der Waals surface area contributed by atoms with Crippen molar-refractivity contribution in [1.82, 2.24) is 24.6 Å². The Balaban J connectivity index is 2.07. The highest BCUT2D eigenvalue weighted by atomic mass is 15.3. The molecule has 0 fully saturated rings. The van der Waals surface area contributed by atoms with Crippen LogP contribution in [0.2, 0.25) is 0 Å². The minimum Gasteiger partial charge on any atom is -0.314 e. The first-order chi connectivity index (χ1) is 10.2. The molecule has 2 rings (SSSR count).